The standard InChI is InChI=1S/C14H23N3O3/c1-13(2)11(18)17(12(19)15-13)7-6-16-5-3-14(9-16)4-8-20-10-14/h3-10H2,1-2H3,(H,15,19). The summed E-state index contributed by atoms with van der Waals surface area (Å²) in [6.07, 6.45) is 2.30. The number of urea groups is 1. The lowest BCUT2D eigenvalue weighted by Gasteiger charge is -2.23. The number of likely N-dealkylation sites (tertiary alicyclic amines) is 1. The lowest BCUT2D eigenvalue weighted by atomic mass is 9.87. The maximum Gasteiger partial charge on any atom is 0.325 e. The van der Waals surface area contributed by atoms with Crippen molar-refractivity contribution in [2.75, 3.05) is 39.4 Å². The smallest absolute Gasteiger partial charge is 0.325 e. The van der Waals surface area contributed by atoms with Gasteiger partial charge in [0.2, 0.25) is 0 Å². The molecule has 1 unspecified atom stereocenters. The van der Waals surface area contributed by atoms with Crippen LogP contribution in [-0.4, -0.2) is 66.7 Å². The Bertz CT molecular complexity index is 429. The second-order valence-corrected chi connectivity index (χ2v) is 6.84. The van der Waals surface area contributed by atoms with Gasteiger partial charge in [-0.05, 0) is 33.2 Å². The van der Waals surface area contributed by atoms with E-state index in [1.165, 1.54) is 11.3 Å². The fourth-order valence-electron chi connectivity index (χ4n) is 3.45. The van der Waals surface area contributed by atoms with Gasteiger partial charge in [-0.15, -0.1) is 0 Å². The first-order valence-electron chi connectivity index (χ1n) is 7.36. The number of nitrogens with one attached hydrogen (secondary N) is 1. The third kappa shape index (κ3) is 2.31. The molecule has 3 aliphatic heterocycles. The Morgan fingerprint density at radius 1 is 1.25 bits per heavy atom. The monoisotopic (exact) mass is 281 g/mol. The van der Waals surface area contributed by atoms with Crippen molar-refractivity contribution in [3.05, 3.63) is 0 Å². The van der Waals surface area contributed by atoms with Gasteiger partial charge in [0, 0.05) is 31.7 Å². The van der Waals surface area contributed by atoms with Crippen LogP contribution in [0, 0.1) is 5.41 Å². The van der Waals surface area contributed by atoms with E-state index < -0.39 is 5.54 Å². The third-order valence-electron chi connectivity index (χ3n) is 4.79. The topological polar surface area (TPSA) is 61.9 Å². The zero-order valence-electron chi connectivity index (χ0n) is 12.3. The normalized spacial score (nSPS) is 33.4. The maximum absolute atomic E-state index is 12.1. The van der Waals surface area contributed by atoms with Crippen LogP contribution in [0.5, 0.6) is 0 Å². The number of nitrogens with zero attached hydrogens (tertiary/aromatic N) is 2. The van der Waals surface area contributed by atoms with Gasteiger partial charge in [0.05, 0.1) is 6.61 Å². The zero-order valence-corrected chi connectivity index (χ0v) is 12.3. The molecule has 3 saturated heterocycles. The number of ether oxygens (including phenoxy) is 1. The minimum absolute atomic E-state index is 0.124. The van der Waals surface area contributed by atoms with Crippen molar-refractivity contribution in [1.82, 2.24) is 15.1 Å². The highest BCUT2D eigenvalue weighted by atomic mass is 16.5. The van der Waals surface area contributed by atoms with Gasteiger partial charge in [-0.1, -0.05) is 0 Å². The average Bonchev–Trinajstić information content (AvgIpc) is 3.03. The van der Waals surface area contributed by atoms with Gasteiger partial charge < -0.3 is 15.0 Å². The van der Waals surface area contributed by atoms with E-state index in [-0.39, 0.29) is 11.9 Å². The zero-order chi connectivity index (χ0) is 14.4. The van der Waals surface area contributed by atoms with Gasteiger partial charge >= 0.3 is 6.03 Å². The lowest BCUT2D eigenvalue weighted by molar-refractivity contribution is -0.130. The predicted octanol–water partition coefficient (Wildman–Crippen LogP) is 0.429. The SMILES string of the molecule is CC1(C)NC(=O)N(CCN2CCC3(CCOC3)C2)C1=O. The molecule has 1 N–H and O–H groups in total. The predicted molar refractivity (Wildman–Crippen MR) is 73.2 cm³/mol. The molecule has 112 valence electrons. The molecule has 20 heavy (non-hydrogen) atoms. The van der Waals surface area contributed by atoms with Gasteiger partial charge in [0.1, 0.15) is 5.54 Å². The Balaban J connectivity index is 1.53. The number of imide groups is 1. The summed E-state index contributed by atoms with van der Waals surface area (Å²) in [6.45, 7) is 8.52. The Kier molecular flexibility index (Phi) is 3.25. The highest BCUT2D eigenvalue weighted by Crippen LogP contribution is 2.37. The summed E-state index contributed by atoms with van der Waals surface area (Å²) in [7, 11) is 0. The highest BCUT2D eigenvalue weighted by molar-refractivity contribution is 6.06. The van der Waals surface area contributed by atoms with E-state index in [9.17, 15) is 9.59 Å². The molecule has 1 spiro atoms. The summed E-state index contributed by atoms with van der Waals surface area (Å²) in [4.78, 5) is 27.6. The lowest BCUT2D eigenvalue weighted by Crippen LogP contribution is -2.42. The number of rotatable bonds is 3. The van der Waals surface area contributed by atoms with E-state index in [4.69, 9.17) is 4.74 Å². The van der Waals surface area contributed by atoms with Crippen LogP contribution in [0.25, 0.3) is 0 Å². The molecule has 6 heteroatoms. The largest absolute Gasteiger partial charge is 0.381 e. The van der Waals surface area contributed by atoms with Crippen molar-refractivity contribution in [3.63, 3.8) is 0 Å². The second kappa shape index (κ2) is 4.70. The van der Waals surface area contributed by atoms with Crippen LogP contribution in [0.2, 0.25) is 0 Å². The number of carbonyl (C=O) groups is 2. The van der Waals surface area contributed by atoms with Crippen LogP contribution >= 0.6 is 0 Å². The summed E-state index contributed by atoms with van der Waals surface area (Å²) in [5.41, 5.74) is -0.431. The molecule has 0 aromatic rings. The summed E-state index contributed by atoms with van der Waals surface area (Å²) in [5.74, 6) is -0.124. The van der Waals surface area contributed by atoms with E-state index in [2.05, 4.69) is 10.2 Å². The Morgan fingerprint density at radius 2 is 2.05 bits per heavy atom. The van der Waals surface area contributed by atoms with Crippen molar-refractivity contribution < 1.29 is 14.3 Å². The summed E-state index contributed by atoms with van der Waals surface area (Å²) >= 11 is 0. The molecule has 0 aromatic carbocycles. The second-order valence-electron chi connectivity index (χ2n) is 6.84. The number of carbonyl (C=O) groups excluding carboxylic acids is 2. The van der Waals surface area contributed by atoms with E-state index in [1.807, 2.05) is 0 Å². The van der Waals surface area contributed by atoms with Crippen LogP contribution in [0.4, 0.5) is 4.79 Å². The molecule has 0 aromatic heterocycles. The molecule has 3 heterocycles. The maximum atomic E-state index is 12.1. The molecule has 3 rings (SSSR count). The molecule has 0 aliphatic carbocycles. The minimum atomic E-state index is -0.761. The first-order valence-corrected chi connectivity index (χ1v) is 7.36. The Morgan fingerprint density at radius 3 is 2.65 bits per heavy atom. The van der Waals surface area contributed by atoms with Gasteiger partial charge in [0.25, 0.3) is 5.91 Å². The van der Waals surface area contributed by atoms with Crippen LogP contribution in [0.1, 0.15) is 26.7 Å². The minimum Gasteiger partial charge on any atom is -0.381 e. The molecule has 6 nitrogen and oxygen atoms in total. The molecule has 0 bridgehead atoms. The molecular formula is C14H23N3O3. The number of hydrogen-bond donors (Lipinski definition) is 1. The molecule has 3 aliphatic rings. The molecule has 0 radical (unpaired) electrons. The highest BCUT2D eigenvalue weighted by Gasteiger charge is 2.45. The first-order chi connectivity index (χ1) is 9.42. The average molecular weight is 281 g/mol. The van der Waals surface area contributed by atoms with Gasteiger partial charge in [0.15, 0.2) is 0 Å². The van der Waals surface area contributed by atoms with Crippen LogP contribution in [0.15, 0.2) is 0 Å². The van der Waals surface area contributed by atoms with Crippen LogP contribution < -0.4 is 5.32 Å². The fraction of sp³-hybridized carbons (Fsp3) is 0.857. The van der Waals surface area contributed by atoms with Crippen molar-refractivity contribution in [2.45, 2.75) is 32.2 Å². The van der Waals surface area contributed by atoms with E-state index in [0.717, 1.165) is 39.3 Å². The molecule has 0 saturated carbocycles. The van der Waals surface area contributed by atoms with Crippen molar-refractivity contribution in [3.8, 4) is 0 Å². The quantitative estimate of drug-likeness (QED) is 0.762. The van der Waals surface area contributed by atoms with Gasteiger partial charge in [-0.25, -0.2) is 4.79 Å². The number of hydrogen-bond acceptors (Lipinski definition) is 4. The Hall–Kier alpha value is -1.14. The van der Waals surface area contributed by atoms with E-state index in [0.29, 0.717) is 12.0 Å². The molecule has 3 fully saturated rings. The molecule has 1 atom stereocenters. The summed E-state index contributed by atoms with van der Waals surface area (Å²) in [5, 5.41) is 2.72. The number of amides is 3. The van der Waals surface area contributed by atoms with Gasteiger partial charge in [-0.2, -0.15) is 0 Å². The van der Waals surface area contributed by atoms with Crippen LogP contribution in [-0.2, 0) is 9.53 Å². The van der Waals surface area contributed by atoms with Crippen molar-refractivity contribution in [2.24, 2.45) is 5.41 Å². The van der Waals surface area contributed by atoms with Crippen molar-refractivity contribution >= 4 is 11.9 Å². The van der Waals surface area contributed by atoms with E-state index in [1.54, 1.807) is 13.8 Å². The molecular weight excluding hydrogens is 258 g/mol. The summed E-state index contributed by atoms with van der Waals surface area (Å²) < 4.78 is 5.51. The first kappa shape index (κ1) is 13.8. The van der Waals surface area contributed by atoms with E-state index >= 15 is 0 Å². The molecule has 3 amide bonds. The Labute approximate surface area is 119 Å². The summed E-state index contributed by atoms with van der Waals surface area (Å²) in [6, 6.07) is -0.266. The van der Waals surface area contributed by atoms with Crippen molar-refractivity contribution in [1.29, 1.82) is 0 Å². The van der Waals surface area contributed by atoms with Crippen LogP contribution in [0.3, 0.4) is 0 Å². The van der Waals surface area contributed by atoms with Gasteiger partial charge in [-0.3, -0.25) is 9.69 Å². The fourth-order valence-corrected chi connectivity index (χ4v) is 3.45. The third-order valence-corrected chi connectivity index (χ3v) is 4.79.